The third kappa shape index (κ3) is 12.0. The predicted molar refractivity (Wildman–Crippen MR) is 247 cm³/mol. The van der Waals surface area contributed by atoms with Crippen LogP contribution in [-0.4, -0.2) is 67.1 Å². The number of nitrogens with one attached hydrogen (secondary N) is 4. The van der Waals surface area contributed by atoms with E-state index in [0.29, 0.717) is 54.1 Å². The van der Waals surface area contributed by atoms with Crippen molar-refractivity contribution in [1.29, 1.82) is 0 Å². The third-order valence-corrected chi connectivity index (χ3v) is 10.2. The molecule has 0 aliphatic heterocycles. The quantitative estimate of drug-likeness (QED) is 0.0542. The number of hydrogen-bond donors (Lipinski definition) is 6. The van der Waals surface area contributed by atoms with Crippen LogP contribution in [0.5, 0.6) is 11.5 Å². The summed E-state index contributed by atoms with van der Waals surface area (Å²) in [6, 6.07) is 41.0. The second-order valence-corrected chi connectivity index (χ2v) is 14.6. The number of benzene rings is 6. The number of amides is 2. The molecular formula is C51H44N6O8. The number of nitrogens with zero attached hydrogens (tertiary/aromatic N) is 2. The van der Waals surface area contributed by atoms with E-state index < -0.39 is 11.9 Å². The Balaban J connectivity index is 0.000000194. The van der Waals surface area contributed by atoms with E-state index in [1.165, 1.54) is 36.4 Å². The fourth-order valence-electron chi connectivity index (χ4n) is 6.72. The maximum atomic E-state index is 12.5. The highest BCUT2D eigenvalue weighted by atomic mass is 16.5. The lowest BCUT2D eigenvalue weighted by Gasteiger charge is -2.11. The van der Waals surface area contributed by atoms with Gasteiger partial charge in [-0.2, -0.15) is 0 Å². The van der Waals surface area contributed by atoms with Crippen molar-refractivity contribution in [2.75, 3.05) is 23.8 Å². The highest BCUT2D eigenvalue weighted by Crippen LogP contribution is 2.29. The van der Waals surface area contributed by atoms with Gasteiger partial charge in [-0.3, -0.25) is 9.59 Å². The summed E-state index contributed by atoms with van der Waals surface area (Å²) >= 11 is 0. The maximum Gasteiger partial charge on any atom is 0.335 e. The number of carboxylic acid groups (broad SMARTS) is 2. The number of rotatable bonds is 16. The molecule has 0 radical (unpaired) electrons. The van der Waals surface area contributed by atoms with Crippen LogP contribution in [0.2, 0.25) is 0 Å². The lowest BCUT2D eigenvalue weighted by Crippen LogP contribution is -2.13. The smallest absolute Gasteiger partial charge is 0.335 e. The average Bonchev–Trinajstić information content (AvgIpc) is 4.07. The zero-order valence-corrected chi connectivity index (χ0v) is 35.2. The van der Waals surface area contributed by atoms with Gasteiger partial charge in [0.05, 0.1) is 60.8 Å². The summed E-state index contributed by atoms with van der Waals surface area (Å²) in [5.74, 6) is -1.05. The molecule has 8 aromatic rings. The topological polar surface area (TPSA) is 209 Å². The predicted octanol–water partition coefficient (Wildman–Crippen LogP) is 9.61. The highest BCUT2D eigenvalue weighted by Gasteiger charge is 2.13. The minimum Gasteiger partial charge on any atom is -0.493 e. The van der Waals surface area contributed by atoms with Crippen LogP contribution in [0.4, 0.5) is 11.4 Å². The van der Waals surface area contributed by atoms with Crippen LogP contribution in [0.3, 0.4) is 0 Å². The molecule has 0 saturated carbocycles. The van der Waals surface area contributed by atoms with Gasteiger partial charge >= 0.3 is 11.9 Å². The minimum absolute atomic E-state index is 0.139. The van der Waals surface area contributed by atoms with Crippen molar-refractivity contribution in [3.8, 4) is 34.0 Å². The van der Waals surface area contributed by atoms with E-state index in [9.17, 15) is 19.2 Å². The van der Waals surface area contributed by atoms with Crippen molar-refractivity contribution in [1.82, 2.24) is 19.9 Å². The van der Waals surface area contributed by atoms with Gasteiger partial charge in [0.25, 0.3) is 11.8 Å². The Labute approximate surface area is 374 Å². The van der Waals surface area contributed by atoms with Crippen LogP contribution in [-0.2, 0) is 12.8 Å². The number of imidazole rings is 2. The number of aromatic nitrogens is 4. The molecule has 0 saturated heterocycles. The van der Waals surface area contributed by atoms with E-state index in [1.807, 2.05) is 97.1 Å². The van der Waals surface area contributed by atoms with E-state index in [0.717, 1.165) is 45.1 Å². The first-order chi connectivity index (χ1) is 31.6. The number of carbonyl (C=O) groups is 4. The third-order valence-electron chi connectivity index (χ3n) is 10.2. The van der Waals surface area contributed by atoms with E-state index in [-0.39, 0.29) is 22.9 Å². The number of aromatic amines is 2. The lowest BCUT2D eigenvalue weighted by atomic mass is 10.0. The van der Waals surface area contributed by atoms with Gasteiger partial charge in [-0.05, 0) is 115 Å². The highest BCUT2D eigenvalue weighted by molar-refractivity contribution is 6.05. The minimum atomic E-state index is -1.03. The van der Waals surface area contributed by atoms with Gasteiger partial charge in [0.1, 0.15) is 11.5 Å². The van der Waals surface area contributed by atoms with Crippen LogP contribution in [0.25, 0.3) is 22.5 Å². The van der Waals surface area contributed by atoms with Crippen molar-refractivity contribution < 1.29 is 38.9 Å². The number of aryl methyl sites for hydroxylation is 1. The number of carboxylic acids is 2. The number of hydrogen-bond acceptors (Lipinski definition) is 8. The summed E-state index contributed by atoms with van der Waals surface area (Å²) in [4.78, 5) is 61.2. The number of aromatic carboxylic acids is 2. The Hall–Kier alpha value is -8.78. The Kier molecular flexibility index (Phi) is 14.5. The molecule has 6 aromatic carbocycles. The molecule has 326 valence electrons. The zero-order valence-electron chi connectivity index (χ0n) is 35.2. The second-order valence-electron chi connectivity index (χ2n) is 14.6. The number of H-pyrrole nitrogens is 2. The summed E-state index contributed by atoms with van der Waals surface area (Å²) in [7, 11) is 0. The molecule has 0 spiro atoms. The number of anilines is 2. The van der Waals surface area contributed by atoms with Gasteiger partial charge in [-0.25, -0.2) is 19.6 Å². The molecule has 6 N–H and O–H groups in total. The fourth-order valence-corrected chi connectivity index (χ4v) is 6.72. The summed E-state index contributed by atoms with van der Waals surface area (Å²) in [5, 5.41) is 23.7. The van der Waals surface area contributed by atoms with Gasteiger partial charge in [0, 0.05) is 46.5 Å². The van der Waals surface area contributed by atoms with Gasteiger partial charge in [0.15, 0.2) is 0 Å². The first kappa shape index (κ1) is 44.3. The van der Waals surface area contributed by atoms with Crippen molar-refractivity contribution in [3.63, 3.8) is 0 Å². The molecule has 0 aliphatic carbocycles. The van der Waals surface area contributed by atoms with E-state index in [1.54, 1.807) is 38.0 Å². The molecule has 0 atom stereocenters. The summed E-state index contributed by atoms with van der Waals surface area (Å²) < 4.78 is 12.0. The normalized spacial score (nSPS) is 10.5. The molecule has 14 heteroatoms. The van der Waals surface area contributed by atoms with Crippen molar-refractivity contribution in [2.45, 2.75) is 19.8 Å². The van der Waals surface area contributed by atoms with E-state index >= 15 is 0 Å². The monoisotopic (exact) mass is 868 g/mol. The molecule has 0 bridgehead atoms. The van der Waals surface area contributed by atoms with Crippen molar-refractivity contribution >= 4 is 35.1 Å². The number of carbonyl (C=O) groups excluding carboxylic acids is 2. The van der Waals surface area contributed by atoms with Crippen LogP contribution in [0.1, 0.15) is 58.1 Å². The lowest BCUT2D eigenvalue weighted by molar-refractivity contribution is 0.0685. The van der Waals surface area contributed by atoms with E-state index in [4.69, 9.17) is 19.7 Å². The largest absolute Gasteiger partial charge is 0.493 e. The number of ether oxygens (including phenoxy) is 2. The molecular weight excluding hydrogens is 825 g/mol. The molecule has 0 fully saturated rings. The molecule has 2 amide bonds. The maximum absolute atomic E-state index is 12.5. The standard InChI is InChI=1S/C26H23N3O4.C25H21N3O4/c1-17-14-19(8-11-21(17)26(31)32)25(30)29-20-9-6-18(7-10-20)12-13-33-24-5-3-2-4-22(24)23-15-27-16-28-23;29-24(18-7-9-19(10-8-18)25(30)31)28-20-11-5-17(6-12-20)13-14-32-23-4-2-1-3-21(23)22-15-26-16-27-22/h2-11,14-16H,12-13H2,1H3,(H,27,28)(H,29,30)(H,31,32);1-12,15-16H,13-14H2,(H,26,27)(H,28,29)(H,30,31). The average molecular weight is 869 g/mol. The second kappa shape index (κ2) is 21.3. The first-order valence-corrected chi connectivity index (χ1v) is 20.5. The van der Waals surface area contributed by atoms with Gasteiger partial charge in [-0.15, -0.1) is 0 Å². The van der Waals surface area contributed by atoms with Gasteiger partial charge < -0.3 is 40.3 Å². The van der Waals surface area contributed by atoms with Crippen LogP contribution in [0, 0.1) is 6.92 Å². The SMILES string of the molecule is Cc1cc(C(=O)Nc2ccc(CCOc3ccccc3-c3cnc[nH]3)cc2)ccc1C(=O)O.O=C(O)c1ccc(C(=O)Nc2ccc(CCOc3ccccc3-c3cnc[nH]3)cc2)cc1. The van der Waals surface area contributed by atoms with Gasteiger partial charge in [-0.1, -0.05) is 48.5 Å². The Morgan fingerprint density at radius 2 is 0.985 bits per heavy atom. The fraction of sp³-hybridized carbons (Fsp3) is 0.0980. The Morgan fingerprint density at radius 3 is 1.42 bits per heavy atom. The summed E-state index contributed by atoms with van der Waals surface area (Å²) in [5.41, 5.74) is 8.86. The molecule has 0 aliphatic rings. The number of para-hydroxylation sites is 2. The first-order valence-electron chi connectivity index (χ1n) is 20.5. The molecule has 8 rings (SSSR count). The molecule has 2 heterocycles. The van der Waals surface area contributed by atoms with Crippen molar-refractivity contribution in [3.05, 3.63) is 204 Å². The summed E-state index contributed by atoms with van der Waals surface area (Å²) in [6.45, 7) is 2.68. The van der Waals surface area contributed by atoms with Crippen LogP contribution >= 0.6 is 0 Å². The Morgan fingerprint density at radius 1 is 0.538 bits per heavy atom. The van der Waals surface area contributed by atoms with Crippen molar-refractivity contribution in [2.24, 2.45) is 0 Å². The molecule has 14 nitrogen and oxygen atoms in total. The molecule has 0 unspecified atom stereocenters. The molecule has 65 heavy (non-hydrogen) atoms. The summed E-state index contributed by atoms with van der Waals surface area (Å²) in [6.07, 6.45) is 8.21. The van der Waals surface area contributed by atoms with Crippen LogP contribution < -0.4 is 20.1 Å². The Bertz CT molecular complexity index is 2860. The zero-order chi connectivity index (χ0) is 45.5. The molecule has 2 aromatic heterocycles. The van der Waals surface area contributed by atoms with Gasteiger partial charge in [0.2, 0.25) is 0 Å². The van der Waals surface area contributed by atoms with E-state index in [2.05, 4.69) is 30.6 Å². The van der Waals surface area contributed by atoms with Crippen LogP contribution in [0.15, 0.2) is 165 Å².